The molecule has 0 saturated carbocycles. The number of aliphatic hydroxyl groups excluding tert-OH is 1. The summed E-state index contributed by atoms with van der Waals surface area (Å²) in [6.45, 7) is 5.78. The first-order valence-corrected chi connectivity index (χ1v) is 4.24. The monoisotopic (exact) mass is 138 g/mol. The van der Waals surface area contributed by atoms with E-state index < -0.39 is 0 Å². The standard InChI is InChI=1S/C6H11O2.Na/c1-3-4-8-5-6(2)7;/h3,5-7H,1,4H2,2H3;. The Morgan fingerprint density at radius 2 is 2.44 bits per heavy atom. The summed E-state index contributed by atoms with van der Waals surface area (Å²) in [7, 11) is 0. The van der Waals surface area contributed by atoms with Crippen LogP contribution in [0.15, 0.2) is 12.7 Å². The van der Waals surface area contributed by atoms with Gasteiger partial charge in [-0.05, 0) is 0 Å². The van der Waals surface area contributed by atoms with Gasteiger partial charge in [-0.3, -0.25) is 0 Å². The molecule has 0 aliphatic rings. The second-order valence-electron chi connectivity index (χ2n) is 2.07. The summed E-state index contributed by atoms with van der Waals surface area (Å²) in [5.41, 5.74) is 0. The van der Waals surface area contributed by atoms with E-state index in [0.29, 0.717) is 6.61 Å². The third-order valence-corrected chi connectivity index (χ3v) is 2.45. The van der Waals surface area contributed by atoms with Crippen molar-refractivity contribution in [3.05, 3.63) is 12.7 Å². The van der Waals surface area contributed by atoms with E-state index in [1.165, 1.54) is 0 Å². The summed E-state index contributed by atoms with van der Waals surface area (Å²) in [5.74, 6) is 0. The van der Waals surface area contributed by atoms with Crippen LogP contribution in [0.2, 0.25) is 0 Å². The molecule has 0 aliphatic carbocycles. The molecule has 0 radical (unpaired) electrons. The van der Waals surface area contributed by atoms with Crippen molar-refractivity contribution in [1.29, 1.82) is 0 Å². The molecular weight excluding hydrogens is 127 g/mol. The summed E-state index contributed by atoms with van der Waals surface area (Å²) in [6.07, 6.45) is 1.35. The molecule has 0 rings (SSSR count). The molecule has 0 aromatic carbocycles. The molecule has 3 heteroatoms. The van der Waals surface area contributed by atoms with Gasteiger partial charge in [-0.1, -0.05) is 0 Å². The maximum atomic E-state index is 8.92. The van der Waals surface area contributed by atoms with E-state index in [1.54, 1.807) is 13.0 Å². The zero-order chi connectivity index (χ0) is 7.28. The Labute approximate surface area is 73.3 Å². The van der Waals surface area contributed by atoms with Gasteiger partial charge in [-0.2, -0.15) is 0 Å². The van der Waals surface area contributed by atoms with Gasteiger partial charge in [0, 0.05) is 0 Å². The molecule has 1 N–H and O–H groups in total. The van der Waals surface area contributed by atoms with E-state index in [0.717, 1.165) is 27.9 Å². The number of rotatable bonds is 4. The van der Waals surface area contributed by atoms with Gasteiger partial charge in [0.25, 0.3) is 0 Å². The molecule has 0 heterocycles. The average molecular weight is 138 g/mol. The van der Waals surface area contributed by atoms with Crippen molar-refractivity contribution in [3.63, 3.8) is 0 Å². The van der Waals surface area contributed by atoms with E-state index in [-0.39, 0.29) is 9.46 Å². The fourth-order valence-corrected chi connectivity index (χ4v) is 0.552. The Morgan fingerprint density at radius 1 is 1.89 bits per heavy atom. The summed E-state index contributed by atoms with van der Waals surface area (Å²) in [4.78, 5) is 0. The second-order valence-corrected chi connectivity index (χ2v) is 3.21. The van der Waals surface area contributed by atoms with Gasteiger partial charge in [0.2, 0.25) is 0 Å². The number of hydrogen-bond acceptors (Lipinski definition) is 2. The Bertz CT molecular complexity index is 83.1. The van der Waals surface area contributed by atoms with Crippen LogP contribution in [-0.4, -0.2) is 49.1 Å². The van der Waals surface area contributed by atoms with Crippen LogP contribution in [0, 0.1) is 0 Å². The predicted octanol–water partition coefficient (Wildman–Crippen LogP) is 0.0644. The molecule has 2 unspecified atom stereocenters. The Hall–Kier alpha value is 0.660. The summed E-state index contributed by atoms with van der Waals surface area (Å²) in [5, 5.41) is 8.92. The molecule has 0 saturated heterocycles. The van der Waals surface area contributed by atoms with E-state index >= 15 is 0 Å². The first-order chi connectivity index (χ1) is 4.18. The van der Waals surface area contributed by atoms with E-state index in [1.807, 2.05) is 0 Å². The van der Waals surface area contributed by atoms with Crippen LogP contribution in [-0.2, 0) is 4.74 Å². The zero-order valence-corrected chi connectivity index (χ0v) is 8.00. The quantitative estimate of drug-likeness (QED) is 0.440. The number of hydrogen-bond donors (Lipinski definition) is 1. The Balaban J connectivity index is 3.26. The SMILES string of the molecule is C=CCO[CH]([Na])C(C)O. The molecule has 0 aromatic rings. The van der Waals surface area contributed by atoms with Crippen molar-refractivity contribution in [1.82, 2.24) is 0 Å². The molecule has 0 aliphatic heterocycles. The molecule has 48 valence electrons. The van der Waals surface area contributed by atoms with Crippen LogP contribution in [0.25, 0.3) is 0 Å². The summed E-state index contributed by atoms with van der Waals surface area (Å²) in [6, 6.07) is 0. The van der Waals surface area contributed by atoms with Gasteiger partial charge >= 0.3 is 73.4 Å². The second kappa shape index (κ2) is 5.45. The van der Waals surface area contributed by atoms with Crippen molar-refractivity contribution in [2.75, 3.05) is 6.61 Å². The van der Waals surface area contributed by atoms with Crippen LogP contribution in [0.3, 0.4) is 0 Å². The number of ether oxygens (including phenoxy) is 1. The van der Waals surface area contributed by atoms with Gasteiger partial charge in [0.05, 0.1) is 0 Å². The Morgan fingerprint density at radius 3 is 2.78 bits per heavy atom. The third kappa shape index (κ3) is 5.12. The van der Waals surface area contributed by atoms with Gasteiger partial charge < -0.3 is 0 Å². The van der Waals surface area contributed by atoms with Crippen molar-refractivity contribution < 1.29 is 9.84 Å². The summed E-state index contributed by atoms with van der Waals surface area (Å²) >= 11 is 0.868. The molecular formula is C6H11NaO2. The molecule has 2 atom stereocenters. The van der Waals surface area contributed by atoms with Gasteiger partial charge in [-0.15, -0.1) is 0 Å². The van der Waals surface area contributed by atoms with Gasteiger partial charge in [0.1, 0.15) is 0 Å². The van der Waals surface area contributed by atoms with Crippen molar-refractivity contribution in [3.8, 4) is 0 Å². The predicted molar refractivity (Wildman–Crippen MR) is 37.4 cm³/mol. The molecule has 0 spiro atoms. The van der Waals surface area contributed by atoms with Crippen molar-refractivity contribution in [2.45, 2.75) is 16.4 Å². The van der Waals surface area contributed by atoms with Crippen molar-refractivity contribution in [2.24, 2.45) is 0 Å². The first kappa shape index (κ1) is 9.66. The van der Waals surface area contributed by atoms with Gasteiger partial charge in [0.15, 0.2) is 0 Å². The topological polar surface area (TPSA) is 29.5 Å². The van der Waals surface area contributed by atoms with Crippen LogP contribution in [0.5, 0.6) is 0 Å². The molecule has 0 amide bonds. The third-order valence-electron chi connectivity index (χ3n) is 1.16. The number of aliphatic hydroxyl groups is 1. The molecule has 9 heavy (non-hydrogen) atoms. The molecule has 2 nitrogen and oxygen atoms in total. The fraction of sp³-hybridized carbons (Fsp3) is 0.667. The normalized spacial score (nSPS) is 16.9. The van der Waals surface area contributed by atoms with Crippen LogP contribution < -0.4 is 0 Å². The first-order valence-electron chi connectivity index (χ1n) is 3.09. The maximum absolute atomic E-state index is 8.92. The van der Waals surface area contributed by atoms with E-state index in [9.17, 15) is 0 Å². The van der Waals surface area contributed by atoms with E-state index in [2.05, 4.69) is 6.58 Å². The molecule has 0 aromatic heterocycles. The molecule has 0 fully saturated rings. The fourth-order valence-electron chi connectivity index (χ4n) is 0.359. The van der Waals surface area contributed by atoms with Crippen molar-refractivity contribution >= 4 is 27.9 Å². The minimum atomic E-state index is -0.336. The van der Waals surface area contributed by atoms with Gasteiger partial charge in [-0.25, -0.2) is 0 Å². The Kier molecular flexibility index (Phi) is 5.84. The van der Waals surface area contributed by atoms with Crippen LogP contribution >= 0.6 is 0 Å². The van der Waals surface area contributed by atoms with E-state index in [4.69, 9.17) is 9.84 Å². The summed E-state index contributed by atoms with van der Waals surface area (Å²) < 4.78 is 5.19. The zero-order valence-electron chi connectivity index (χ0n) is 6.00. The van der Waals surface area contributed by atoms with Crippen LogP contribution in [0.1, 0.15) is 6.92 Å². The minimum absolute atomic E-state index is 0.0444. The molecule has 0 bridgehead atoms. The average Bonchev–Trinajstić information content (AvgIpc) is 1.82. The van der Waals surface area contributed by atoms with Crippen LogP contribution in [0.4, 0.5) is 0 Å².